The summed E-state index contributed by atoms with van der Waals surface area (Å²) < 4.78 is 0.632. The van der Waals surface area contributed by atoms with Crippen molar-refractivity contribution in [3.63, 3.8) is 0 Å². The molecule has 1 amide bonds. The molecule has 0 aromatic heterocycles. The Bertz CT molecular complexity index is 546. The van der Waals surface area contributed by atoms with Gasteiger partial charge in [0.1, 0.15) is 0 Å². The molecule has 2 bridgehead atoms. The van der Waals surface area contributed by atoms with Gasteiger partial charge in [-0.15, -0.1) is 11.8 Å². The number of carbonyl (C=O) groups is 1. The zero-order valence-corrected chi connectivity index (χ0v) is 15.5. The van der Waals surface area contributed by atoms with Gasteiger partial charge in [0.15, 0.2) is 0 Å². The number of hydrogen-bond donors (Lipinski definition) is 1. The lowest BCUT2D eigenvalue weighted by Gasteiger charge is -2.32. The first-order chi connectivity index (χ1) is 10.4. The largest absolute Gasteiger partial charge is 0.340 e. The van der Waals surface area contributed by atoms with Crippen LogP contribution in [0, 0.1) is 0 Å². The first-order valence-electron chi connectivity index (χ1n) is 7.94. The van der Waals surface area contributed by atoms with Crippen molar-refractivity contribution in [3.05, 3.63) is 28.7 Å². The van der Waals surface area contributed by atoms with Crippen LogP contribution in [0.4, 0.5) is 0 Å². The Morgan fingerprint density at radius 3 is 2.64 bits per heavy atom. The topological polar surface area (TPSA) is 32.3 Å². The number of hydrogen-bond acceptors (Lipinski definition) is 3. The number of rotatable bonds is 3. The Morgan fingerprint density at radius 2 is 1.91 bits per heavy atom. The molecule has 1 aromatic carbocycles. The standard InChI is InChI=1S/C17H23BrN2OS/c1-17(2,22-15-7-3-12(18)4-8-15)16(21)20-10-9-13-5-6-14(11-20)19-13/h3-4,7-8,13-14,19H,5-6,9-11H2,1-2H3. The predicted molar refractivity (Wildman–Crippen MR) is 95.2 cm³/mol. The minimum absolute atomic E-state index is 0.259. The van der Waals surface area contributed by atoms with E-state index in [1.54, 1.807) is 11.8 Å². The molecule has 22 heavy (non-hydrogen) atoms. The van der Waals surface area contributed by atoms with Gasteiger partial charge < -0.3 is 10.2 Å². The minimum Gasteiger partial charge on any atom is -0.340 e. The summed E-state index contributed by atoms with van der Waals surface area (Å²) in [5.74, 6) is 0.259. The van der Waals surface area contributed by atoms with Crippen LogP contribution in [0.1, 0.15) is 33.1 Å². The van der Waals surface area contributed by atoms with Crippen molar-refractivity contribution >= 4 is 33.6 Å². The van der Waals surface area contributed by atoms with E-state index >= 15 is 0 Å². The average molecular weight is 383 g/mol. The molecule has 2 unspecified atom stereocenters. The molecule has 2 aliphatic heterocycles. The highest BCUT2D eigenvalue weighted by atomic mass is 79.9. The van der Waals surface area contributed by atoms with Crippen molar-refractivity contribution in [3.8, 4) is 0 Å². The molecule has 2 fully saturated rings. The lowest BCUT2D eigenvalue weighted by molar-refractivity contribution is -0.133. The Morgan fingerprint density at radius 1 is 1.23 bits per heavy atom. The molecule has 0 radical (unpaired) electrons. The number of halogens is 1. The van der Waals surface area contributed by atoms with E-state index in [2.05, 4.69) is 38.3 Å². The SMILES string of the molecule is CC(C)(Sc1ccc(Br)cc1)C(=O)N1CCC2CCC(C1)N2. The fourth-order valence-corrected chi connectivity index (χ4v) is 4.69. The van der Waals surface area contributed by atoms with Gasteiger partial charge in [0, 0.05) is 34.5 Å². The molecule has 3 nitrogen and oxygen atoms in total. The molecule has 2 saturated heterocycles. The molecule has 2 atom stereocenters. The Balaban J connectivity index is 1.68. The Labute approximate surface area is 145 Å². The highest BCUT2D eigenvalue weighted by Crippen LogP contribution is 2.35. The van der Waals surface area contributed by atoms with Crippen LogP contribution < -0.4 is 5.32 Å². The molecule has 0 aliphatic carbocycles. The third-order valence-electron chi connectivity index (χ3n) is 4.51. The van der Waals surface area contributed by atoms with E-state index in [0.717, 1.165) is 28.9 Å². The average Bonchev–Trinajstić information content (AvgIpc) is 2.80. The summed E-state index contributed by atoms with van der Waals surface area (Å²) in [6, 6.07) is 9.29. The van der Waals surface area contributed by atoms with Crippen LogP contribution in [0.3, 0.4) is 0 Å². The van der Waals surface area contributed by atoms with E-state index in [0.29, 0.717) is 12.1 Å². The van der Waals surface area contributed by atoms with Crippen LogP contribution in [0.15, 0.2) is 33.6 Å². The number of benzene rings is 1. The quantitative estimate of drug-likeness (QED) is 0.809. The lowest BCUT2D eigenvalue weighted by Crippen LogP contribution is -2.47. The summed E-state index contributed by atoms with van der Waals surface area (Å²) >= 11 is 5.10. The molecule has 2 aliphatic rings. The summed E-state index contributed by atoms with van der Waals surface area (Å²) in [5.41, 5.74) is 0. The van der Waals surface area contributed by atoms with Gasteiger partial charge in [0.2, 0.25) is 5.91 Å². The molecule has 1 N–H and O–H groups in total. The van der Waals surface area contributed by atoms with Crippen LogP contribution in [0.5, 0.6) is 0 Å². The molecule has 2 heterocycles. The van der Waals surface area contributed by atoms with Crippen LogP contribution in [0.2, 0.25) is 0 Å². The number of carbonyl (C=O) groups excluding carboxylic acids is 1. The number of nitrogens with zero attached hydrogens (tertiary/aromatic N) is 1. The maximum absolute atomic E-state index is 13.0. The van der Waals surface area contributed by atoms with E-state index in [1.165, 1.54) is 12.8 Å². The molecule has 5 heteroatoms. The smallest absolute Gasteiger partial charge is 0.238 e. The van der Waals surface area contributed by atoms with E-state index in [1.807, 2.05) is 26.0 Å². The fourth-order valence-electron chi connectivity index (χ4n) is 3.35. The highest BCUT2D eigenvalue weighted by molar-refractivity contribution is 9.10. The minimum atomic E-state index is -0.433. The maximum atomic E-state index is 13.0. The Kier molecular flexibility index (Phi) is 4.86. The van der Waals surface area contributed by atoms with Crippen LogP contribution in [-0.4, -0.2) is 40.7 Å². The van der Waals surface area contributed by atoms with E-state index in [4.69, 9.17) is 0 Å². The molecule has 0 saturated carbocycles. The van der Waals surface area contributed by atoms with Gasteiger partial charge in [-0.2, -0.15) is 0 Å². The van der Waals surface area contributed by atoms with Gasteiger partial charge in [-0.25, -0.2) is 0 Å². The van der Waals surface area contributed by atoms with Gasteiger partial charge >= 0.3 is 0 Å². The van der Waals surface area contributed by atoms with Gasteiger partial charge in [0.05, 0.1) is 4.75 Å². The van der Waals surface area contributed by atoms with Gasteiger partial charge in [-0.05, 0) is 57.4 Å². The van der Waals surface area contributed by atoms with Crippen molar-refractivity contribution in [2.75, 3.05) is 13.1 Å². The number of amides is 1. The number of likely N-dealkylation sites (tertiary alicyclic amines) is 1. The van der Waals surface area contributed by atoms with Crippen molar-refractivity contribution in [2.45, 2.75) is 54.8 Å². The molecule has 0 spiro atoms. The highest BCUT2D eigenvalue weighted by Gasteiger charge is 2.37. The number of thioether (sulfide) groups is 1. The zero-order valence-electron chi connectivity index (χ0n) is 13.1. The fraction of sp³-hybridized carbons (Fsp3) is 0.588. The first kappa shape index (κ1) is 16.3. The normalized spacial score (nSPS) is 25.1. The second-order valence-corrected chi connectivity index (χ2v) is 9.36. The van der Waals surface area contributed by atoms with E-state index < -0.39 is 4.75 Å². The summed E-state index contributed by atoms with van der Waals surface area (Å²) in [5, 5.41) is 3.64. The summed E-state index contributed by atoms with van der Waals surface area (Å²) in [6.07, 6.45) is 3.56. The van der Waals surface area contributed by atoms with Crippen molar-refractivity contribution in [2.24, 2.45) is 0 Å². The van der Waals surface area contributed by atoms with Crippen LogP contribution >= 0.6 is 27.7 Å². The number of nitrogens with one attached hydrogen (secondary N) is 1. The van der Waals surface area contributed by atoms with Crippen molar-refractivity contribution in [1.82, 2.24) is 10.2 Å². The third-order valence-corrected chi connectivity index (χ3v) is 6.23. The third kappa shape index (κ3) is 3.69. The molecular weight excluding hydrogens is 360 g/mol. The monoisotopic (exact) mass is 382 g/mol. The summed E-state index contributed by atoms with van der Waals surface area (Å²) in [7, 11) is 0. The summed E-state index contributed by atoms with van der Waals surface area (Å²) in [6.45, 7) is 5.83. The molecule has 120 valence electrons. The van der Waals surface area contributed by atoms with E-state index in [-0.39, 0.29) is 5.91 Å². The van der Waals surface area contributed by atoms with Crippen LogP contribution in [-0.2, 0) is 4.79 Å². The van der Waals surface area contributed by atoms with Gasteiger partial charge in [0.25, 0.3) is 0 Å². The second-order valence-electron chi connectivity index (χ2n) is 6.74. The first-order valence-corrected chi connectivity index (χ1v) is 9.55. The van der Waals surface area contributed by atoms with Gasteiger partial charge in [-0.3, -0.25) is 4.79 Å². The molecule has 1 aromatic rings. The number of fused-ring (bicyclic) bond motifs is 2. The lowest BCUT2D eigenvalue weighted by atomic mass is 10.1. The maximum Gasteiger partial charge on any atom is 0.238 e. The van der Waals surface area contributed by atoms with Crippen molar-refractivity contribution < 1.29 is 4.79 Å². The predicted octanol–water partition coefficient (Wildman–Crippen LogP) is 3.67. The van der Waals surface area contributed by atoms with Gasteiger partial charge in [-0.1, -0.05) is 15.9 Å². The zero-order chi connectivity index (χ0) is 15.7. The summed E-state index contributed by atoms with van der Waals surface area (Å²) in [4.78, 5) is 16.2. The second kappa shape index (κ2) is 6.54. The Hall–Kier alpha value is -0.520. The van der Waals surface area contributed by atoms with Crippen LogP contribution in [0.25, 0.3) is 0 Å². The van der Waals surface area contributed by atoms with E-state index in [9.17, 15) is 4.79 Å². The molecular formula is C17H23BrN2OS. The van der Waals surface area contributed by atoms with Crippen molar-refractivity contribution in [1.29, 1.82) is 0 Å². The molecule has 3 rings (SSSR count).